The van der Waals surface area contributed by atoms with Gasteiger partial charge in [-0.25, -0.2) is 4.98 Å². The van der Waals surface area contributed by atoms with E-state index in [1.165, 1.54) is 11.1 Å². The summed E-state index contributed by atoms with van der Waals surface area (Å²) in [6, 6.07) is 8.21. The van der Waals surface area contributed by atoms with Crippen LogP contribution in [0.25, 0.3) is 10.2 Å². The highest BCUT2D eigenvalue weighted by Crippen LogP contribution is 2.43. The van der Waals surface area contributed by atoms with Crippen molar-refractivity contribution >= 4 is 21.6 Å². The summed E-state index contributed by atoms with van der Waals surface area (Å²) < 4.78 is 1.22. The quantitative estimate of drug-likeness (QED) is 0.892. The number of fused-ring (bicyclic) bond motifs is 1. The second kappa shape index (κ2) is 4.57. The zero-order valence-corrected chi connectivity index (χ0v) is 12.5. The van der Waals surface area contributed by atoms with E-state index in [9.17, 15) is 5.11 Å². The highest BCUT2D eigenvalue weighted by atomic mass is 32.1. The summed E-state index contributed by atoms with van der Waals surface area (Å²) in [5, 5.41) is 11.9. The highest BCUT2D eigenvalue weighted by molar-refractivity contribution is 7.18. The number of rotatable bonds is 2. The van der Waals surface area contributed by atoms with Crippen molar-refractivity contribution in [2.45, 2.75) is 51.6 Å². The van der Waals surface area contributed by atoms with Crippen molar-refractivity contribution in [1.29, 1.82) is 0 Å². The Morgan fingerprint density at radius 1 is 1.26 bits per heavy atom. The zero-order chi connectivity index (χ0) is 13.5. The molecular weight excluding hydrogens is 254 g/mol. The molecule has 0 saturated heterocycles. The van der Waals surface area contributed by atoms with Gasteiger partial charge in [-0.15, -0.1) is 11.3 Å². The van der Waals surface area contributed by atoms with Gasteiger partial charge in [-0.1, -0.05) is 32.4 Å². The molecule has 1 aliphatic rings. The first-order valence-corrected chi connectivity index (χ1v) is 7.84. The summed E-state index contributed by atoms with van der Waals surface area (Å²) in [4.78, 5) is 4.66. The van der Waals surface area contributed by atoms with Crippen LogP contribution < -0.4 is 0 Å². The van der Waals surface area contributed by atoms with E-state index < -0.39 is 5.60 Å². The van der Waals surface area contributed by atoms with Gasteiger partial charge >= 0.3 is 0 Å². The molecule has 3 rings (SSSR count). The lowest BCUT2D eigenvalue weighted by Gasteiger charge is -2.41. The number of aromatic nitrogens is 1. The van der Waals surface area contributed by atoms with Crippen LogP contribution in [0, 0.1) is 5.41 Å². The molecule has 0 bridgehead atoms. The molecule has 1 saturated carbocycles. The Morgan fingerprint density at radius 3 is 2.79 bits per heavy atom. The van der Waals surface area contributed by atoms with Gasteiger partial charge in [0, 0.05) is 6.42 Å². The molecule has 2 nitrogen and oxygen atoms in total. The van der Waals surface area contributed by atoms with Gasteiger partial charge in [0.2, 0.25) is 0 Å². The molecule has 1 heterocycles. The van der Waals surface area contributed by atoms with Gasteiger partial charge in [0.05, 0.1) is 20.8 Å². The number of nitrogens with zero attached hydrogens (tertiary/aromatic N) is 1. The van der Waals surface area contributed by atoms with Crippen LogP contribution in [0.4, 0.5) is 0 Å². The third kappa shape index (κ3) is 2.82. The van der Waals surface area contributed by atoms with E-state index in [2.05, 4.69) is 24.9 Å². The van der Waals surface area contributed by atoms with Crippen molar-refractivity contribution in [2.24, 2.45) is 5.41 Å². The molecule has 1 N–H and O–H groups in total. The average molecular weight is 275 g/mol. The van der Waals surface area contributed by atoms with Gasteiger partial charge in [0.1, 0.15) is 0 Å². The molecule has 3 heteroatoms. The fraction of sp³-hybridized carbons (Fsp3) is 0.562. The lowest BCUT2D eigenvalue weighted by Crippen LogP contribution is -2.40. The lowest BCUT2D eigenvalue weighted by molar-refractivity contribution is -0.0381. The average Bonchev–Trinajstić information content (AvgIpc) is 2.67. The Hall–Kier alpha value is -0.930. The standard InChI is InChI=1S/C16H21NOS/c1-15(2)8-5-9-16(18,11-15)10-14-17-12-6-3-4-7-13(12)19-14/h3-4,6-7,18H,5,8-11H2,1-2H3. The van der Waals surface area contributed by atoms with Gasteiger partial charge in [0.25, 0.3) is 0 Å². The Bertz CT molecular complexity index is 556. The highest BCUT2D eigenvalue weighted by Gasteiger charge is 2.39. The fourth-order valence-corrected chi connectivity index (χ4v) is 4.50. The second-order valence-electron chi connectivity index (χ2n) is 6.67. The topological polar surface area (TPSA) is 33.1 Å². The molecule has 19 heavy (non-hydrogen) atoms. The molecule has 102 valence electrons. The van der Waals surface area contributed by atoms with Crippen LogP contribution in [0.15, 0.2) is 24.3 Å². The fourth-order valence-electron chi connectivity index (χ4n) is 3.39. The first-order valence-electron chi connectivity index (χ1n) is 7.03. The summed E-state index contributed by atoms with van der Waals surface area (Å²) in [6.07, 6.45) is 4.83. The minimum Gasteiger partial charge on any atom is -0.389 e. The third-order valence-corrected chi connectivity index (χ3v) is 5.16. The molecule has 0 spiro atoms. The van der Waals surface area contributed by atoms with Crippen LogP contribution in [-0.4, -0.2) is 15.7 Å². The zero-order valence-electron chi connectivity index (χ0n) is 11.6. The molecule has 1 atom stereocenters. The van der Waals surface area contributed by atoms with Crippen LogP contribution in [0.3, 0.4) is 0 Å². The van der Waals surface area contributed by atoms with Crippen LogP contribution in [0.1, 0.15) is 44.5 Å². The van der Waals surface area contributed by atoms with Crippen molar-refractivity contribution in [3.63, 3.8) is 0 Å². The van der Waals surface area contributed by atoms with E-state index in [0.29, 0.717) is 6.42 Å². The molecule has 1 aromatic heterocycles. The summed E-state index contributed by atoms with van der Waals surface area (Å²) in [7, 11) is 0. The molecule has 1 aliphatic carbocycles. The minimum atomic E-state index is -0.560. The predicted octanol–water partition coefficient (Wildman–Crippen LogP) is 4.17. The van der Waals surface area contributed by atoms with Gasteiger partial charge in [-0.3, -0.25) is 0 Å². The van der Waals surface area contributed by atoms with Crippen molar-refractivity contribution in [3.05, 3.63) is 29.3 Å². The molecule has 2 aromatic rings. The van der Waals surface area contributed by atoms with Crippen molar-refractivity contribution < 1.29 is 5.11 Å². The first kappa shape index (κ1) is 13.1. The minimum absolute atomic E-state index is 0.254. The number of benzene rings is 1. The second-order valence-corrected chi connectivity index (χ2v) is 7.79. The largest absolute Gasteiger partial charge is 0.389 e. The van der Waals surface area contributed by atoms with Gasteiger partial charge < -0.3 is 5.11 Å². The lowest BCUT2D eigenvalue weighted by atomic mass is 9.69. The van der Waals surface area contributed by atoms with Crippen LogP contribution in [0.2, 0.25) is 0 Å². The molecule has 0 aliphatic heterocycles. The summed E-state index contributed by atoms with van der Waals surface area (Å²) in [5.41, 5.74) is 0.750. The van der Waals surface area contributed by atoms with Crippen molar-refractivity contribution in [3.8, 4) is 0 Å². The number of thiazole rings is 1. The van der Waals surface area contributed by atoms with Crippen molar-refractivity contribution in [2.75, 3.05) is 0 Å². The Balaban J connectivity index is 1.83. The third-order valence-electron chi connectivity index (χ3n) is 4.12. The SMILES string of the molecule is CC1(C)CCCC(O)(Cc2nc3ccccc3s2)C1. The Morgan fingerprint density at radius 2 is 2.05 bits per heavy atom. The van der Waals surface area contributed by atoms with Crippen LogP contribution in [0.5, 0.6) is 0 Å². The maximum atomic E-state index is 10.9. The Kier molecular flexibility index (Phi) is 3.14. The van der Waals surface area contributed by atoms with Gasteiger partial charge in [0.15, 0.2) is 0 Å². The van der Waals surface area contributed by atoms with E-state index in [-0.39, 0.29) is 5.41 Å². The maximum absolute atomic E-state index is 10.9. The maximum Gasteiger partial charge on any atom is 0.0967 e. The van der Waals surface area contributed by atoms with E-state index in [0.717, 1.165) is 29.8 Å². The molecule has 1 unspecified atom stereocenters. The van der Waals surface area contributed by atoms with E-state index >= 15 is 0 Å². The molecule has 0 radical (unpaired) electrons. The summed E-state index contributed by atoms with van der Waals surface area (Å²) >= 11 is 1.72. The number of hydrogen-bond acceptors (Lipinski definition) is 3. The smallest absolute Gasteiger partial charge is 0.0967 e. The van der Waals surface area contributed by atoms with Crippen LogP contribution in [-0.2, 0) is 6.42 Å². The summed E-state index contributed by atoms with van der Waals surface area (Å²) in [5.74, 6) is 0. The molecular formula is C16H21NOS. The monoisotopic (exact) mass is 275 g/mol. The summed E-state index contributed by atoms with van der Waals surface area (Å²) in [6.45, 7) is 4.52. The number of aliphatic hydroxyl groups is 1. The number of hydrogen-bond donors (Lipinski definition) is 1. The normalized spacial score (nSPS) is 26.7. The van der Waals surface area contributed by atoms with E-state index in [4.69, 9.17) is 0 Å². The van der Waals surface area contributed by atoms with Gasteiger partial charge in [-0.05, 0) is 36.8 Å². The molecule has 1 aromatic carbocycles. The van der Waals surface area contributed by atoms with Gasteiger partial charge in [-0.2, -0.15) is 0 Å². The van der Waals surface area contributed by atoms with Crippen molar-refractivity contribution in [1.82, 2.24) is 4.98 Å². The first-order chi connectivity index (χ1) is 8.96. The van der Waals surface area contributed by atoms with E-state index in [1.807, 2.05) is 18.2 Å². The van der Waals surface area contributed by atoms with E-state index in [1.54, 1.807) is 11.3 Å². The predicted molar refractivity (Wildman–Crippen MR) is 80.5 cm³/mol. The molecule has 0 amide bonds. The van der Waals surface area contributed by atoms with Crippen LogP contribution >= 0.6 is 11.3 Å². The number of para-hydroxylation sites is 1. The molecule has 1 fully saturated rings. The Labute approximate surface area is 118 Å².